The molecule has 134 valence electrons. The maximum atomic E-state index is 12.6. The number of benzene rings is 1. The molecule has 0 aliphatic carbocycles. The first-order valence-electron chi connectivity index (χ1n) is 7.91. The number of rotatable bonds is 6. The predicted octanol–water partition coefficient (Wildman–Crippen LogP) is 2.18. The van der Waals surface area contributed by atoms with Crippen LogP contribution in [0.4, 0.5) is 5.13 Å². The summed E-state index contributed by atoms with van der Waals surface area (Å²) in [6, 6.07) is 3.39. The largest absolute Gasteiger partial charge is 0.493 e. The van der Waals surface area contributed by atoms with Gasteiger partial charge in [0.25, 0.3) is 5.91 Å². The average molecular weight is 363 g/mol. The minimum Gasteiger partial charge on any atom is -0.493 e. The van der Waals surface area contributed by atoms with Gasteiger partial charge in [-0.15, -0.1) is 11.3 Å². The fourth-order valence-electron chi connectivity index (χ4n) is 2.90. The van der Waals surface area contributed by atoms with Crippen molar-refractivity contribution in [3.05, 3.63) is 29.3 Å². The Hall–Kier alpha value is -2.48. The molecule has 1 aromatic heterocycles. The van der Waals surface area contributed by atoms with Gasteiger partial charge in [-0.05, 0) is 18.6 Å². The van der Waals surface area contributed by atoms with Crippen LogP contribution in [0.2, 0.25) is 0 Å². The molecule has 1 amide bonds. The number of anilines is 1. The first-order valence-corrected chi connectivity index (χ1v) is 8.79. The number of thiazole rings is 1. The van der Waals surface area contributed by atoms with E-state index in [0.29, 0.717) is 22.8 Å². The lowest BCUT2D eigenvalue weighted by molar-refractivity contribution is 0.0939. The van der Waals surface area contributed by atoms with E-state index in [2.05, 4.69) is 15.2 Å². The highest BCUT2D eigenvalue weighted by atomic mass is 32.1. The Bertz CT molecular complexity index is 710. The highest BCUT2D eigenvalue weighted by Gasteiger charge is 2.26. The zero-order valence-electron chi connectivity index (χ0n) is 14.4. The van der Waals surface area contributed by atoms with E-state index >= 15 is 0 Å². The van der Waals surface area contributed by atoms with E-state index < -0.39 is 0 Å². The summed E-state index contributed by atoms with van der Waals surface area (Å²) in [7, 11) is 4.59. The number of methoxy groups -OCH3 is 3. The lowest BCUT2D eigenvalue weighted by Gasteiger charge is -2.17. The summed E-state index contributed by atoms with van der Waals surface area (Å²) in [6.07, 6.45) is 2.68. The molecule has 0 saturated carbocycles. The molecule has 1 aromatic carbocycles. The third kappa shape index (κ3) is 3.63. The maximum absolute atomic E-state index is 12.6. The molecule has 3 rings (SSSR count). The monoisotopic (exact) mass is 363 g/mol. The van der Waals surface area contributed by atoms with Gasteiger partial charge in [0.2, 0.25) is 5.75 Å². The fraction of sp³-hybridized carbons (Fsp3) is 0.412. The molecule has 0 radical (unpaired) electrons. The van der Waals surface area contributed by atoms with E-state index in [0.717, 1.165) is 24.6 Å². The van der Waals surface area contributed by atoms with E-state index in [-0.39, 0.29) is 11.9 Å². The highest BCUT2D eigenvalue weighted by molar-refractivity contribution is 7.13. The number of carbonyl (C=O) groups is 1. The summed E-state index contributed by atoms with van der Waals surface area (Å²) < 4.78 is 15.9. The van der Waals surface area contributed by atoms with E-state index in [1.54, 1.807) is 29.7 Å². The Balaban J connectivity index is 1.71. The average Bonchev–Trinajstić information content (AvgIpc) is 3.31. The van der Waals surface area contributed by atoms with Crippen molar-refractivity contribution < 1.29 is 19.0 Å². The van der Waals surface area contributed by atoms with E-state index in [9.17, 15) is 4.79 Å². The smallest absolute Gasteiger partial charge is 0.251 e. The second-order valence-corrected chi connectivity index (χ2v) is 6.51. The Morgan fingerprint density at radius 3 is 2.52 bits per heavy atom. The van der Waals surface area contributed by atoms with E-state index in [1.165, 1.54) is 21.3 Å². The molecule has 1 aliphatic rings. The minimum atomic E-state index is -0.162. The van der Waals surface area contributed by atoms with Crippen LogP contribution in [-0.2, 0) is 0 Å². The van der Waals surface area contributed by atoms with Gasteiger partial charge in [-0.3, -0.25) is 4.79 Å². The van der Waals surface area contributed by atoms with Crippen molar-refractivity contribution in [2.75, 3.05) is 39.3 Å². The maximum Gasteiger partial charge on any atom is 0.251 e. The Morgan fingerprint density at radius 2 is 1.96 bits per heavy atom. The van der Waals surface area contributed by atoms with Gasteiger partial charge < -0.3 is 24.4 Å². The second-order valence-electron chi connectivity index (χ2n) is 5.63. The third-order valence-corrected chi connectivity index (χ3v) is 4.97. The number of ether oxygens (including phenoxy) is 3. The van der Waals surface area contributed by atoms with Crippen molar-refractivity contribution in [2.24, 2.45) is 0 Å². The molecule has 0 spiro atoms. The topological polar surface area (TPSA) is 72.9 Å². The summed E-state index contributed by atoms with van der Waals surface area (Å²) in [5.74, 6) is 1.23. The molecule has 7 nitrogen and oxygen atoms in total. The molecule has 1 N–H and O–H groups in total. The molecule has 1 fully saturated rings. The van der Waals surface area contributed by atoms with Gasteiger partial charge in [0, 0.05) is 36.3 Å². The lowest BCUT2D eigenvalue weighted by Crippen LogP contribution is -2.37. The van der Waals surface area contributed by atoms with Gasteiger partial charge >= 0.3 is 0 Å². The summed E-state index contributed by atoms with van der Waals surface area (Å²) in [5, 5.41) is 6.02. The first-order chi connectivity index (χ1) is 12.2. The summed E-state index contributed by atoms with van der Waals surface area (Å²) in [5.41, 5.74) is 0.474. The zero-order chi connectivity index (χ0) is 17.8. The van der Waals surface area contributed by atoms with Gasteiger partial charge in [-0.2, -0.15) is 0 Å². The van der Waals surface area contributed by atoms with Crippen molar-refractivity contribution in [3.63, 3.8) is 0 Å². The molecule has 1 unspecified atom stereocenters. The van der Waals surface area contributed by atoms with Crippen molar-refractivity contribution in [3.8, 4) is 17.2 Å². The van der Waals surface area contributed by atoms with Gasteiger partial charge in [0.05, 0.1) is 21.3 Å². The van der Waals surface area contributed by atoms with Gasteiger partial charge in [0.15, 0.2) is 16.6 Å². The molecular weight excluding hydrogens is 342 g/mol. The van der Waals surface area contributed by atoms with E-state index in [4.69, 9.17) is 14.2 Å². The minimum absolute atomic E-state index is 0.0792. The Kier molecular flexibility index (Phi) is 5.28. The fourth-order valence-corrected chi connectivity index (χ4v) is 3.58. The van der Waals surface area contributed by atoms with Crippen LogP contribution in [0.15, 0.2) is 23.7 Å². The zero-order valence-corrected chi connectivity index (χ0v) is 15.3. The van der Waals surface area contributed by atoms with Crippen LogP contribution in [-0.4, -0.2) is 51.4 Å². The van der Waals surface area contributed by atoms with Crippen LogP contribution in [0.5, 0.6) is 17.2 Å². The van der Waals surface area contributed by atoms with Crippen LogP contribution < -0.4 is 24.4 Å². The standard InChI is InChI=1S/C17H21N3O4S/c1-22-13-8-11(9-14(23-2)15(13)24-3)16(21)19-12-4-6-20(10-12)17-18-5-7-25-17/h5,7-9,12H,4,6,10H2,1-3H3,(H,19,21). The normalized spacial score (nSPS) is 16.6. The van der Waals surface area contributed by atoms with Gasteiger partial charge in [-0.25, -0.2) is 4.98 Å². The number of hydrogen-bond acceptors (Lipinski definition) is 7. The molecular formula is C17H21N3O4S. The van der Waals surface area contributed by atoms with Crippen molar-refractivity contribution in [1.29, 1.82) is 0 Å². The molecule has 1 atom stereocenters. The molecule has 2 heterocycles. The van der Waals surface area contributed by atoms with Crippen LogP contribution >= 0.6 is 11.3 Å². The number of amides is 1. The predicted molar refractivity (Wildman–Crippen MR) is 96.3 cm³/mol. The molecule has 1 saturated heterocycles. The van der Waals surface area contributed by atoms with Crippen LogP contribution in [0.3, 0.4) is 0 Å². The molecule has 25 heavy (non-hydrogen) atoms. The first kappa shape index (κ1) is 17.3. The molecule has 2 aromatic rings. The van der Waals surface area contributed by atoms with Gasteiger partial charge in [-0.1, -0.05) is 0 Å². The van der Waals surface area contributed by atoms with Gasteiger partial charge in [0.1, 0.15) is 0 Å². The van der Waals surface area contributed by atoms with Crippen LogP contribution in [0.25, 0.3) is 0 Å². The molecule has 1 aliphatic heterocycles. The third-order valence-electron chi connectivity index (χ3n) is 4.14. The summed E-state index contributed by atoms with van der Waals surface area (Å²) in [4.78, 5) is 19.1. The Labute approximate surface area is 150 Å². The quantitative estimate of drug-likeness (QED) is 0.848. The van der Waals surface area contributed by atoms with Crippen LogP contribution in [0.1, 0.15) is 16.8 Å². The number of hydrogen-bond donors (Lipinski definition) is 1. The SMILES string of the molecule is COc1cc(C(=O)NC2CCN(c3nccs3)C2)cc(OC)c1OC. The number of aromatic nitrogens is 1. The number of carbonyl (C=O) groups excluding carboxylic acids is 1. The van der Waals surface area contributed by atoms with Crippen LogP contribution in [0, 0.1) is 0 Å². The second kappa shape index (κ2) is 7.60. The van der Waals surface area contributed by atoms with E-state index in [1.807, 2.05) is 5.38 Å². The highest BCUT2D eigenvalue weighted by Crippen LogP contribution is 2.38. The number of nitrogens with one attached hydrogen (secondary N) is 1. The molecule has 8 heteroatoms. The van der Waals surface area contributed by atoms with Crippen molar-refractivity contribution in [2.45, 2.75) is 12.5 Å². The summed E-state index contributed by atoms with van der Waals surface area (Å²) >= 11 is 1.61. The molecule has 0 bridgehead atoms. The van der Waals surface area contributed by atoms with Crippen molar-refractivity contribution >= 4 is 22.4 Å². The van der Waals surface area contributed by atoms with Crippen molar-refractivity contribution in [1.82, 2.24) is 10.3 Å². The lowest BCUT2D eigenvalue weighted by atomic mass is 10.1. The summed E-state index contributed by atoms with van der Waals surface area (Å²) in [6.45, 7) is 1.64. The Morgan fingerprint density at radius 1 is 1.24 bits per heavy atom. The number of nitrogens with zero attached hydrogens (tertiary/aromatic N) is 2.